The highest BCUT2D eigenvalue weighted by molar-refractivity contribution is 7.99. The predicted molar refractivity (Wildman–Crippen MR) is 121 cm³/mol. The van der Waals surface area contributed by atoms with Crippen LogP contribution in [-0.4, -0.2) is 50.0 Å². The Morgan fingerprint density at radius 2 is 2.06 bits per heavy atom. The highest BCUT2D eigenvalue weighted by atomic mass is 35.5. The minimum atomic E-state index is -4.47. The van der Waals surface area contributed by atoms with Crippen molar-refractivity contribution in [3.8, 4) is 11.6 Å². The van der Waals surface area contributed by atoms with E-state index in [9.17, 15) is 17.6 Å². The number of aryl methyl sites for hydroxylation is 1. The Kier molecular flexibility index (Phi) is 6.73. The molecule has 2 atom stereocenters. The van der Waals surface area contributed by atoms with Crippen LogP contribution in [0.3, 0.4) is 0 Å². The van der Waals surface area contributed by atoms with E-state index in [1.165, 1.54) is 6.39 Å². The average Bonchev–Trinajstić information content (AvgIpc) is 3.06. The number of oxazole rings is 1. The van der Waals surface area contributed by atoms with Crippen LogP contribution in [0.25, 0.3) is 11.6 Å². The van der Waals surface area contributed by atoms with E-state index in [1.54, 1.807) is 11.8 Å². The Bertz CT molecular complexity index is 1180. The number of hydrogen-bond acceptors (Lipinski definition) is 6. The fourth-order valence-corrected chi connectivity index (χ4v) is 5.70. The molecule has 3 heterocycles. The Morgan fingerprint density at radius 1 is 1.26 bits per heavy atom. The average molecular weight is 518 g/mol. The lowest BCUT2D eigenvalue weighted by Crippen LogP contribution is -2.28. The van der Waals surface area contributed by atoms with E-state index in [1.807, 2.05) is 18.5 Å². The van der Waals surface area contributed by atoms with Gasteiger partial charge >= 0.3 is 6.18 Å². The molecule has 34 heavy (non-hydrogen) atoms. The topological polar surface area (TPSA) is 60.0 Å². The first-order valence-corrected chi connectivity index (χ1v) is 11.7. The number of benzene rings is 1. The molecule has 0 spiro atoms. The van der Waals surface area contributed by atoms with Crippen molar-refractivity contribution in [2.24, 2.45) is 13.0 Å². The van der Waals surface area contributed by atoms with Crippen molar-refractivity contribution >= 4 is 24.2 Å². The van der Waals surface area contributed by atoms with Crippen molar-refractivity contribution in [2.75, 3.05) is 25.4 Å². The van der Waals surface area contributed by atoms with E-state index in [4.69, 9.17) is 4.42 Å². The molecule has 2 fully saturated rings. The normalized spacial score (nSPS) is 22.0. The summed E-state index contributed by atoms with van der Waals surface area (Å²) in [6, 6.07) is 2.78. The fourth-order valence-electron chi connectivity index (χ4n) is 4.86. The summed E-state index contributed by atoms with van der Waals surface area (Å²) < 4.78 is 61.1. The van der Waals surface area contributed by atoms with E-state index in [-0.39, 0.29) is 23.9 Å². The number of likely N-dealkylation sites (tertiary alicyclic amines) is 1. The lowest BCUT2D eigenvalue weighted by Gasteiger charge is -2.22. The van der Waals surface area contributed by atoms with Crippen LogP contribution in [0, 0.1) is 18.7 Å². The number of thioether (sulfide) groups is 1. The molecule has 0 N–H and O–H groups in total. The van der Waals surface area contributed by atoms with Crippen LogP contribution in [-0.2, 0) is 18.6 Å². The number of aromatic nitrogens is 4. The summed E-state index contributed by atoms with van der Waals surface area (Å²) in [6.07, 6.45) is -1.46. The molecule has 2 aromatic heterocycles. The molecule has 1 aliphatic carbocycles. The van der Waals surface area contributed by atoms with Crippen LogP contribution in [0.5, 0.6) is 0 Å². The zero-order chi connectivity index (χ0) is 23.4. The van der Waals surface area contributed by atoms with Gasteiger partial charge in [0.2, 0.25) is 5.82 Å². The largest absolute Gasteiger partial charge is 0.440 e. The maximum atomic E-state index is 14.5. The Balaban J connectivity index is 0.00000274. The summed E-state index contributed by atoms with van der Waals surface area (Å²) >= 11 is 1.58. The summed E-state index contributed by atoms with van der Waals surface area (Å²) in [5.74, 6) is 1.71. The predicted octanol–water partition coefficient (Wildman–Crippen LogP) is 5.11. The second-order valence-corrected chi connectivity index (χ2v) is 9.88. The van der Waals surface area contributed by atoms with Gasteiger partial charge in [0.15, 0.2) is 17.3 Å². The maximum absolute atomic E-state index is 14.5. The van der Waals surface area contributed by atoms with Crippen LogP contribution in [0.2, 0.25) is 0 Å². The van der Waals surface area contributed by atoms with Crippen molar-refractivity contribution in [3.05, 3.63) is 47.2 Å². The summed E-state index contributed by atoms with van der Waals surface area (Å²) in [4.78, 5) is 6.31. The number of nitrogens with zero attached hydrogens (tertiary/aromatic N) is 5. The number of alkyl halides is 3. The molecule has 1 saturated heterocycles. The molecule has 0 radical (unpaired) electrons. The third kappa shape index (κ3) is 4.45. The maximum Gasteiger partial charge on any atom is 0.416 e. The lowest BCUT2D eigenvalue weighted by molar-refractivity contribution is -0.137. The summed E-state index contributed by atoms with van der Waals surface area (Å²) in [6.45, 7) is 4.04. The molecule has 1 saturated carbocycles. The third-order valence-corrected chi connectivity index (χ3v) is 7.79. The van der Waals surface area contributed by atoms with Crippen molar-refractivity contribution in [3.63, 3.8) is 0 Å². The van der Waals surface area contributed by atoms with Gasteiger partial charge in [0.25, 0.3) is 0 Å². The van der Waals surface area contributed by atoms with Crippen molar-refractivity contribution in [1.82, 2.24) is 24.6 Å². The summed E-state index contributed by atoms with van der Waals surface area (Å²) in [7, 11) is 1.88. The van der Waals surface area contributed by atoms with Crippen LogP contribution in [0.1, 0.15) is 29.7 Å². The Labute approximate surface area is 204 Å². The van der Waals surface area contributed by atoms with Crippen molar-refractivity contribution in [1.29, 1.82) is 0 Å². The highest BCUT2D eigenvalue weighted by Crippen LogP contribution is 2.59. The van der Waals surface area contributed by atoms with Gasteiger partial charge in [-0.15, -0.1) is 22.6 Å². The first-order valence-electron chi connectivity index (χ1n) is 10.7. The number of hydrogen-bond donors (Lipinski definition) is 0. The standard InChI is InChI=1S/C22H23F4N5OS.ClH/c1-13-18(32-12-27-13)19-28-29-20(30(19)2)33-7-3-6-31-10-15-9-21(15,11-31)16-8-14(22(24,25)26)4-5-17(16)23;/h4-5,8,12,15H,3,6-7,9-11H2,1-2H3;1H/t15-,21-;/m1./s1. The number of halogens is 5. The third-order valence-electron chi connectivity index (χ3n) is 6.68. The van der Waals surface area contributed by atoms with Gasteiger partial charge in [-0.3, -0.25) is 0 Å². The molecular formula is C22H24ClF4N5OS. The highest BCUT2D eigenvalue weighted by Gasteiger charge is 2.61. The summed E-state index contributed by atoms with van der Waals surface area (Å²) in [5, 5.41) is 9.20. The van der Waals surface area contributed by atoms with Gasteiger partial charge in [0, 0.05) is 31.3 Å². The number of rotatable bonds is 7. The molecule has 2 aliphatic rings. The smallest absolute Gasteiger partial charge is 0.416 e. The quantitative estimate of drug-likeness (QED) is 0.246. The van der Waals surface area contributed by atoms with E-state index < -0.39 is 23.0 Å². The zero-order valence-corrected chi connectivity index (χ0v) is 20.2. The molecule has 6 nitrogen and oxygen atoms in total. The van der Waals surface area contributed by atoms with Crippen LogP contribution in [0.15, 0.2) is 34.2 Å². The second-order valence-electron chi connectivity index (χ2n) is 8.82. The lowest BCUT2D eigenvalue weighted by atomic mass is 9.92. The van der Waals surface area contributed by atoms with Gasteiger partial charge in [-0.25, -0.2) is 9.37 Å². The van der Waals surface area contributed by atoms with E-state index in [0.29, 0.717) is 18.1 Å². The number of piperidine rings is 1. The molecule has 184 valence electrons. The fraction of sp³-hybridized carbons (Fsp3) is 0.500. The first kappa shape index (κ1) is 25.0. The molecule has 12 heteroatoms. The molecule has 3 aromatic rings. The Morgan fingerprint density at radius 3 is 2.76 bits per heavy atom. The molecule has 1 aromatic carbocycles. The van der Waals surface area contributed by atoms with Gasteiger partial charge in [0.05, 0.1) is 11.3 Å². The SMILES string of the molecule is Cc1ncoc1-c1nnc(SCCCN2C[C@H]3C[C@@]3(c3cc(C(F)(F)F)ccc3F)C2)n1C.Cl. The van der Waals surface area contributed by atoms with Crippen molar-refractivity contribution in [2.45, 2.75) is 36.5 Å². The monoisotopic (exact) mass is 517 g/mol. The van der Waals surface area contributed by atoms with E-state index >= 15 is 0 Å². The molecule has 0 amide bonds. The van der Waals surface area contributed by atoms with E-state index in [2.05, 4.69) is 20.1 Å². The molecule has 1 aliphatic heterocycles. The molecule has 0 bridgehead atoms. The van der Waals surface area contributed by atoms with Gasteiger partial charge in [-0.2, -0.15) is 13.2 Å². The first-order chi connectivity index (χ1) is 15.7. The van der Waals surface area contributed by atoms with Crippen LogP contribution >= 0.6 is 24.2 Å². The van der Waals surface area contributed by atoms with Crippen LogP contribution in [0.4, 0.5) is 17.6 Å². The molecule has 0 unspecified atom stereocenters. The van der Waals surface area contributed by atoms with E-state index in [0.717, 1.165) is 60.7 Å². The van der Waals surface area contributed by atoms with Crippen LogP contribution < -0.4 is 0 Å². The number of fused-ring (bicyclic) bond motifs is 1. The molecule has 5 rings (SSSR count). The summed E-state index contributed by atoms with van der Waals surface area (Å²) in [5.41, 5.74) is -0.294. The molecular weight excluding hydrogens is 494 g/mol. The minimum Gasteiger partial charge on any atom is -0.440 e. The van der Waals surface area contributed by atoms with Gasteiger partial charge in [0.1, 0.15) is 5.82 Å². The Hall–Kier alpha value is -2.11. The van der Waals surface area contributed by atoms with Crippen molar-refractivity contribution < 1.29 is 22.0 Å². The van der Waals surface area contributed by atoms with Gasteiger partial charge in [-0.05, 0) is 56.0 Å². The van der Waals surface area contributed by atoms with Gasteiger partial charge < -0.3 is 13.9 Å². The van der Waals surface area contributed by atoms with Gasteiger partial charge in [-0.1, -0.05) is 11.8 Å². The second kappa shape index (κ2) is 9.16. The minimum absolute atomic E-state index is 0. The zero-order valence-electron chi connectivity index (χ0n) is 18.6.